The molecule has 1 aromatic heterocycles. The molecule has 214 valence electrons. The molecule has 0 unspecified atom stereocenters. The monoisotopic (exact) mass is 567 g/mol. The van der Waals surface area contributed by atoms with Crippen LogP contribution in [0, 0.1) is 0 Å². The molecule has 41 heavy (non-hydrogen) atoms. The first kappa shape index (κ1) is 27.0. The fourth-order valence-corrected chi connectivity index (χ4v) is 6.45. The van der Waals surface area contributed by atoms with Gasteiger partial charge in [0, 0.05) is 43.2 Å². The summed E-state index contributed by atoms with van der Waals surface area (Å²) in [5.41, 5.74) is -1.34. The number of nitrogens with zero attached hydrogens (tertiary/aromatic N) is 5. The predicted octanol–water partition coefficient (Wildman–Crippen LogP) is 5.07. The zero-order valence-electron chi connectivity index (χ0n) is 22.5. The maximum Gasteiger partial charge on any atom is 0.416 e. The Morgan fingerprint density at radius 2 is 1.88 bits per heavy atom. The molecule has 9 nitrogen and oxygen atoms in total. The number of carboxylic acid groups (broad SMARTS) is 1. The van der Waals surface area contributed by atoms with Gasteiger partial charge in [-0.2, -0.15) is 13.2 Å². The Balaban J connectivity index is 1.37. The van der Waals surface area contributed by atoms with Gasteiger partial charge in [-0.1, -0.05) is 12.1 Å². The lowest BCUT2D eigenvalue weighted by Crippen LogP contribution is -2.53. The zero-order valence-corrected chi connectivity index (χ0v) is 22.5. The minimum Gasteiger partial charge on any atom is -0.465 e. The van der Waals surface area contributed by atoms with E-state index >= 15 is 0 Å². The molecule has 0 bridgehead atoms. The molecule has 2 heterocycles. The standard InChI is InChI=1S/C29H28F3N5O4/c1-27(7-4-8-27)37(26(40)41)14-17-9-21-22(23(10-17)29(30,31)32)15-36(24(21)39)19-6-3-5-18(11-19)28(12-20(38)13-28)25-34-33-16-35(25)2/h3,5-6,9-11,16H,4,7-8,12-15H2,1-2H3,(H,40,41). The molecule has 6 rings (SSSR count). The number of aromatic nitrogens is 3. The molecule has 0 saturated heterocycles. The third-order valence-corrected chi connectivity index (χ3v) is 8.91. The number of hydrogen-bond acceptors (Lipinski definition) is 5. The van der Waals surface area contributed by atoms with Gasteiger partial charge in [0.2, 0.25) is 0 Å². The van der Waals surface area contributed by atoms with E-state index in [-0.39, 0.29) is 48.4 Å². The van der Waals surface area contributed by atoms with Gasteiger partial charge in [-0.05, 0) is 67.1 Å². The summed E-state index contributed by atoms with van der Waals surface area (Å²) in [6, 6.07) is 9.26. The first-order valence-electron chi connectivity index (χ1n) is 13.3. The van der Waals surface area contributed by atoms with Crippen molar-refractivity contribution in [3.63, 3.8) is 0 Å². The molecule has 1 aliphatic heterocycles. The van der Waals surface area contributed by atoms with Gasteiger partial charge in [-0.3, -0.25) is 14.5 Å². The van der Waals surface area contributed by atoms with Crippen LogP contribution in [0.4, 0.5) is 23.7 Å². The average Bonchev–Trinajstić information content (AvgIpc) is 3.46. The summed E-state index contributed by atoms with van der Waals surface area (Å²) in [5, 5.41) is 18.0. The summed E-state index contributed by atoms with van der Waals surface area (Å²) in [6.07, 6.45) is -1.91. The van der Waals surface area contributed by atoms with Crippen molar-refractivity contribution in [1.82, 2.24) is 19.7 Å². The summed E-state index contributed by atoms with van der Waals surface area (Å²) in [4.78, 5) is 40.3. The highest BCUT2D eigenvalue weighted by molar-refractivity contribution is 6.10. The lowest BCUT2D eigenvalue weighted by atomic mass is 9.63. The van der Waals surface area contributed by atoms with Crippen LogP contribution in [0.1, 0.15) is 77.5 Å². The van der Waals surface area contributed by atoms with Crippen LogP contribution >= 0.6 is 0 Å². The molecule has 2 fully saturated rings. The van der Waals surface area contributed by atoms with E-state index in [1.54, 1.807) is 36.7 Å². The van der Waals surface area contributed by atoms with Crippen molar-refractivity contribution in [1.29, 1.82) is 0 Å². The number of anilines is 1. The number of hydrogen-bond donors (Lipinski definition) is 1. The van der Waals surface area contributed by atoms with Gasteiger partial charge in [0.1, 0.15) is 17.9 Å². The number of amides is 2. The Labute approximate surface area is 233 Å². The second-order valence-electron chi connectivity index (χ2n) is 11.6. The van der Waals surface area contributed by atoms with E-state index in [1.165, 1.54) is 22.2 Å². The van der Waals surface area contributed by atoms with Crippen molar-refractivity contribution in [3.8, 4) is 0 Å². The van der Waals surface area contributed by atoms with Gasteiger partial charge < -0.3 is 14.6 Å². The molecule has 12 heteroatoms. The van der Waals surface area contributed by atoms with Crippen LogP contribution < -0.4 is 4.90 Å². The van der Waals surface area contributed by atoms with Crippen LogP contribution in [-0.4, -0.2) is 48.1 Å². The quantitative estimate of drug-likeness (QED) is 0.446. The second kappa shape index (κ2) is 9.15. The van der Waals surface area contributed by atoms with Gasteiger partial charge in [0.25, 0.3) is 5.91 Å². The predicted molar refractivity (Wildman–Crippen MR) is 140 cm³/mol. The van der Waals surface area contributed by atoms with E-state index in [1.807, 2.05) is 6.07 Å². The average molecular weight is 568 g/mol. The molecule has 0 spiro atoms. The first-order valence-corrected chi connectivity index (χ1v) is 13.3. The smallest absolute Gasteiger partial charge is 0.416 e. The fraction of sp³-hybridized carbons (Fsp3) is 0.414. The Morgan fingerprint density at radius 1 is 1.15 bits per heavy atom. The normalized spacial score (nSPS) is 19.0. The number of ketones is 1. The molecule has 3 aromatic rings. The van der Waals surface area contributed by atoms with Gasteiger partial charge >= 0.3 is 12.3 Å². The maximum absolute atomic E-state index is 14.3. The van der Waals surface area contributed by atoms with Crippen molar-refractivity contribution < 1.29 is 32.7 Å². The number of fused-ring (bicyclic) bond motifs is 1. The topological polar surface area (TPSA) is 109 Å². The number of rotatable bonds is 6. The van der Waals surface area contributed by atoms with Crippen molar-refractivity contribution in [2.45, 2.75) is 69.2 Å². The number of benzene rings is 2. The minimum absolute atomic E-state index is 0.0524. The van der Waals surface area contributed by atoms with E-state index in [4.69, 9.17) is 0 Å². The van der Waals surface area contributed by atoms with Gasteiger partial charge in [-0.15, -0.1) is 10.2 Å². The number of Topliss-reactive ketones (excluding diaryl/α,β-unsaturated/α-hetero) is 1. The Kier molecular flexibility index (Phi) is 6.02. The van der Waals surface area contributed by atoms with E-state index < -0.39 is 34.7 Å². The highest BCUT2D eigenvalue weighted by atomic mass is 19.4. The second-order valence-corrected chi connectivity index (χ2v) is 11.6. The summed E-state index contributed by atoms with van der Waals surface area (Å²) in [6.45, 7) is 1.24. The van der Waals surface area contributed by atoms with Gasteiger partial charge in [-0.25, -0.2) is 4.79 Å². The van der Waals surface area contributed by atoms with Crippen LogP contribution in [0.3, 0.4) is 0 Å². The summed E-state index contributed by atoms with van der Waals surface area (Å²) < 4.78 is 44.6. The van der Waals surface area contributed by atoms with Crippen molar-refractivity contribution in [2.24, 2.45) is 7.05 Å². The summed E-state index contributed by atoms with van der Waals surface area (Å²) >= 11 is 0. The third kappa shape index (κ3) is 4.27. The van der Waals surface area contributed by atoms with Gasteiger partial charge in [0.05, 0.1) is 17.5 Å². The number of aryl methyl sites for hydroxylation is 1. The molecule has 2 aromatic carbocycles. The molecule has 3 aliphatic rings. The van der Waals surface area contributed by atoms with E-state index in [2.05, 4.69) is 10.2 Å². The van der Waals surface area contributed by atoms with Crippen molar-refractivity contribution in [3.05, 3.63) is 76.4 Å². The van der Waals surface area contributed by atoms with Gasteiger partial charge in [0.15, 0.2) is 0 Å². The SMILES string of the molecule is Cn1cnnc1C1(c2cccc(N3Cc4c(cc(CN(C(=O)O)C5(C)CCC5)cc4C(F)(F)F)C3=O)c2)CC(=O)C1. The first-order chi connectivity index (χ1) is 19.3. The molecular weight excluding hydrogens is 539 g/mol. The number of carbonyl (C=O) groups excluding carboxylic acids is 2. The minimum atomic E-state index is -4.74. The van der Waals surface area contributed by atoms with E-state index in [9.17, 15) is 32.7 Å². The van der Waals surface area contributed by atoms with Crippen LogP contribution in [-0.2, 0) is 36.5 Å². The fourth-order valence-electron chi connectivity index (χ4n) is 6.45. The summed E-state index contributed by atoms with van der Waals surface area (Å²) in [7, 11) is 1.78. The maximum atomic E-state index is 14.3. The van der Waals surface area contributed by atoms with Crippen LogP contribution in [0.5, 0.6) is 0 Å². The molecule has 1 N–H and O–H groups in total. The largest absolute Gasteiger partial charge is 0.465 e. The molecular formula is C29H28F3N5O4. The van der Waals surface area contributed by atoms with E-state index in [0.717, 1.165) is 18.1 Å². The molecule has 2 saturated carbocycles. The summed E-state index contributed by atoms with van der Waals surface area (Å²) in [5.74, 6) is 0.0487. The van der Waals surface area contributed by atoms with E-state index in [0.29, 0.717) is 24.4 Å². The van der Waals surface area contributed by atoms with Crippen LogP contribution in [0.15, 0.2) is 42.7 Å². The Hall–Kier alpha value is -4.22. The zero-order chi connectivity index (χ0) is 29.3. The number of alkyl halides is 3. The molecule has 2 aliphatic carbocycles. The Bertz CT molecular complexity index is 1590. The van der Waals surface area contributed by atoms with Crippen LogP contribution in [0.25, 0.3) is 0 Å². The highest BCUT2D eigenvalue weighted by Crippen LogP contribution is 2.47. The van der Waals surface area contributed by atoms with Crippen LogP contribution in [0.2, 0.25) is 0 Å². The van der Waals surface area contributed by atoms with Crippen molar-refractivity contribution >= 4 is 23.5 Å². The van der Waals surface area contributed by atoms with Crippen molar-refractivity contribution in [2.75, 3.05) is 4.90 Å². The lowest BCUT2D eigenvalue weighted by Gasteiger charge is -2.46. The number of halogens is 3. The molecule has 0 atom stereocenters. The Morgan fingerprint density at radius 3 is 2.44 bits per heavy atom. The molecule has 2 amide bonds. The molecule has 0 radical (unpaired) electrons. The highest BCUT2D eigenvalue weighted by Gasteiger charge is 2.50. The third-order valence-electron chi connectivity index (χ3n) is 8.91. The lowest BCUT2D eigenvalue weighted by molar-refractivity contribution is -0.138. The number of carbonyl (C=O) groups is 3.